The van der Waals surface area contributed by atoms with Crippen LogP contribution in [-0.4, -0.2) is 15.0 Å². The van der Waals surface area contributed by atoms with Crippen LogP contribution < -0.4 is 0 Å². The van der Waals surface area contributed by atoms with Gasteiger partial charge in [0.15, 0.2) is 17.5 Å². The second-order valence-corrected chi connectivity index (χ2v) is 9.43. The Bertz CT molecular complexity index is 869. The van der Waals surface area contributed by atoms with E-state index in [1.165, 1.54) is 0 Å². The van der Waals surface area contributed by atoms with Gasteiger partial charge in [0.2, 0.25) is 7.59 Å². The van der Waals surface area contributed by atoms with Crippen molar-refractivity contribution >= 4 is 80.4 Å². The number of hydrogen-bond donors (Lipinski definition) is 0. The van der Waals surface area contributed by atoms with E-state index in [-0.39, 0.29) is 17.5 Å². The van der Waals surface area contributed by atoms with Crippen LogP contribution in [0, 0.1) is 0 Å². The standard InChI is InChI=1S/C15H7Cl6N3/c16-14(17,18)12-22-11(23-13(24-12)15(19,20)21)10-6-5-8-3-1-2-4-9(8)7-10/h1-7H. The fraction of sp³-hybridized carbons (Fsp3) is 0.133. The molecule has 24 heavy (non-hydrogen) atoms. The topological polar surface area (TPSA) is 38.7 Å². The normalized spacial score (nSPS) is 12.6. The molecule has 0 unspecified atom stereocenters. The Balaban J connectivity index is 2.21. The summed E-state index contributed by atoms with van der Waals surface area (Å²) in [5, 5.41) is 2.07. The van der Waals surface area contributed by atoms with Crippen molar-refractivity contribution in [1.82, 2.24) is 15.0 Å². The van der Waals surface area contributed by atoms with Crippen LogP contribution in [-0.2, 0) is 7.59 Å². The molecule has 0 N–H and O–H groups in total. The van der Waals surface area contributed by atoms with Crippen molar-refractivity contribution in [2.24, 2.45) is 0 Å². The molecule has 1 aromatic heterocycles. The van der Waals surface area contributed by atoms with Gasteiger partial charge in [0.1, 0.15) is 0 Å². The predicted molar refractivity (Wildman–Crippen MR) is 101 cm³/mol. The summed E-state index contributed by atoms with van der Waals surface area (Å²) >= 11 is 35.3. The van der Waals surface area contributed by atoms with Gasteiger partial charge in [-0.2, -0.15) is 0 Å². The minimum Gasteiger partial charge on any atom is -0.209 e. The summed E-state index contributed by atoms with van der Waals surface area (Å²) < 4.78 is -3.75. The molecule has 0 spiro atoms. The number of nitrogens with zero attached hydrogens (tertiary/aromatic N) is 3. The number of aromatic nitrogens is 3. The van der Waals surface area contributed by atoms with Gasteiger partial charge in [0.25, 0.3) is 0 Å². The zero-order valence-electron chi connectivity index (χ0n) is 11.7. The van der Waals surface area contributed by atoms with Crippen LogP contribution in [0.25, 0.3) is 22.2 Å². The summed E-state index contributed by atoms with van der Waals surface area (Å²) in [6, 6.07) is 13.5. The summed E-state index contributed by atoms with van der Waals surface area (Å²) in [6.45, 7) is 0. The monoisotopic (exact) mass is 439 g/mol. The van der Waals surface area contributed by atoms with Gasteiger partial charge in [-0.3, -0.25) is 0 Å². The summed E-state index contributed by atoms with van der Waals surface area (Å²) in [5.41, 5.74) is 0.683. The van der Waals surface area contributed by atoms with Crippen molar-refractivity contribution in [1.29, 1.82) is 0 Å². The summed E-state index contributed by atoms with van der Waals surface area (Å²) in [6.07, 6.45) is 0. The highest BCUT2D eigenvalue weighted by atomic mass is 35.6. The zero-order chi connectivity index (χ0) is 17.5. The first-order valence-electron chi connectivity index (χ1n) is 6.54. The molecule has 2 aromatic carbocycles. The largest absolute Gasteiger partial charge is 0.250 e. The molecule has 0 atom stereocenters. The van der Waals surface area contributed by atoms with Crippen molar-refractivity contribution in [2.45, 2.75) is 7.59 Å². The molecular weight excluding hydrogens is 435 g/mol. The number of hydrogen-bond acceptors (Lipinski definition) is 3. The highest BCUT2D eigenvalue weighted by Gasteiger charge is 2.34. The lowest BCUT2D eigenvalue weighted by Gasteiger charge is -2.15. The third kappa shape index (κ3) is 3.98. The maximum absolute atomic E-state index is 5.88. The molecule has 0 aliphatic heterocycles. The summed E-state index contributed by atoms with van der Waals surface area (Å²) in [4.78, 5) is 12.4. The second-order valence-electron chi connectivity index (χ2n) is 4.86. The number of alkyl halides is 6. The van der Waals surface area contributed by atoms with E-state index in [0.29, 0.717) is 5.56 Å². The van der Waals surface area contributed by atoms with Crippen LogP contribution in [0.2, 0.25) is 0 Å². The molecule has 0 radical (unpaired) electrons. The average molecular weight is 442 g/mol. The smallest absolute Gasteiger partial charge is 0.209 e. The Labute approximate surface area is 167 Å². The third-order valence-electron chi connectivity index (χ3n) is 3.15. The Morgan fingerprint density at radius 1 is 0.625 bits per heavy atom. The molecule has 9 heteroatoms. The highest BCUT2D eigenvalue weighted by Crippen LogP contribution is 2.40. The first-order valence-corrected chi connectivity index (χ1v) is 8.81. The molecule has 0 fully saturated rings. The molecule has 124 valence electrons. The molecule has 0 saturated carbocycles. The van der Waals surface area contributed by atoms with E-state index in [0.717, 1.165) is 10.8 Å². The minimum atomic E-state index is -1.88. The van der Waals surface area contributed by atoms with Crippen LogP contribution >= 0.6 is 69.6 Å². The van der Waals surface area contributed by atoms with Crippen LogP contribution in [0.15, 0.2) is 42.5 Å². The number of benzene rings is 2. The lowest BCUT2D eigenvalue weighted by atomic mass is 10.1. The Morgan fingerprint density at radius 2 is 1.17 bits per heavy atom. The first-order chi connectivity index (χ1) is 11.1. The quantitative estimate of drug-likeness (QED) is 0.413. The van der Waals surface area contributed by atoms with Crippen LogP contribution in [0.1, 0.15) is 11.6 Å². The van der Waals surface area contributed by atoms with E-state index in [1.807, 2.05) is 42.5 Å². The van der Waals surface area contributed by atoms with Gasteiger partial charge < -0.3 is 0 Å². The minimum absolute atomic E-state index is 0.119. The predicted octanol–water partition coefficient (Wildman–Crippen LogP) is 6.35. The number of fused-ring (bicyclic) bond motifs is 1. The van der Waals surface area contributed by atoms with Gasteiger partial charge in [-0.15, -0.1) is 0 Å². The zero-order valence-corrected chi connectivity index (χ0v) is 16.2. The van der Waals surface area contributed by atoms with E-state index >= 15 is 0 Å². The molecule has 0 aliphatic carbocycles. The Morgan fingerprint density at radius 3 is 1.71 bits per heavy atom. The van der Waals surface area contributed by atoms with Crippen LogP contribution in [0.5, 0.6) is 0 Å². The van der Waals surface area contributed by atoms with Crippen molar-refractivity contribution in [2.75, 3.05) is 0 Å². The molecular formula is C15H7Cl6N3. The molecule has 3 aromatic rings. The van der Waals surface area contributed by atoms with Gasteiger partial charge in [-0.1, -0.05) is 106 Å². The van der Waals surface area contributed by atoms with Gasteiger partial charge >= 0.3 is 0 Å². The first kappa shape index (κ1) is 18.2. The van der Waals surface area contributed by atoms with Crippen LogP contribution in [0.4, 0.5) is 0 Å². The van der Waals surface area contributed by atoms with Crippen molar-refractivity contribution in [3.05, 3.63) is 54.1 Å². The van der Waals surface area contributed by atoms with E-state index < -0.39 is 7.59 Å². The molecule has 0 bridgehead atoms. The molecule has 0 amide bonds. The molecule has 1 heterocycles. The molecule has 0 saturated heterocycles. The van der Waals surface area contributed by atoms with Crippen molar-refractivity contribution in [3.63, 3.8) is 0 Å². The van der Waals surface area contributed by atoms with E-state index in [1.54, 1.807) is 0 Å². The lowest BCUT2D eigenvalue weighted by Crippen LogP contribution is -2.16. The molecule has 3 rings (SSSR count). The summed E-state index contributed by atoms with van der Waals surface area (Å²) in [7, 11) is 0. The highest BCUT2D eigenvalue weighted by molar-refractivity contribution is 6.67. The number of rotatable bonds is 1. The van der Waals surface area contributed by atoms with Gasteiger partial charge in [0.05, 0.1) is 0 Å². The van der Waals surface area contributed by atoms with Crippen molar-refractivity contribution < 1.29 is 0 Å². The van der Waals surface area contributed by atoms with Crippen LogP contribution in [0.3, 0.4) is 0 Å². The lowest BCUT2D eigenvalue weighted by molar-refractivity contribution is 0.851. The van der Waals surface area contributed by atoms with Gasteiger partial charge in [0, 0.05) is 5.56 Å². The maximum atomic E-state index is 5.88. The van der Waals surface area contributed by atoms with Gasteiger partial charge in [-0.25, -0.2) is 15.0 Å². The fourth-order valence-electron chi connectivity index (χ4n) is 2.09. The Hall–Kier alpha value is -0.550. The SMILES string of the molecule is ClC(Cl)(Cl)c1nc(-c2ccc3ccccc3c2)nc(C(Cl)(Cl)Cl)n1. The molecule has 0 aliphatic rings. The Kier molecular flexibility index (Phi) is 5.05. The second kappa shape index (κ2) is 6.64. The van der Waals surface area contributed by atoms with E-state index in [9.17, 15) is 0 Å². The van der Waals surface area contributed by atoms with Gasteiger partial charge in [-0.05, 0) is 16.8 Å². The van der Waals surface area contributed by atoms with E-state index in [2.05, 4.69) is 15.0 Å². The average Bonchev–Trinajstić information content (AvgIpc) is 2.52. The third-order valence-corrected chi connectivity index (χ3v) is 4.16. The maximum Gasteiger partial charge on any atom is 0.250 e. The fourth-order valence-corrected chi connectivity index (χ4v) is 2.59. The van der Waals surface area contributed by atoms with Crippen molar-refractivity contribution in [3.8, 4) is 11.4 Å². The van der Waals surface area contributed by atoms with E-state index in [4.69, 9.17) is 69.6 Å². The molecule has 3 nitrogen and oxygen atoms in total. The number of halogens is 6. The summed E-state index contributed by atoms with van der Waals surface area (Å²) in [5.74, 6) is 0.0115.